The summed E-state index contributed by atoms with van der Waals surface area (Å²) in [5.41, 5.74) is 3.16. The predicted molar refractivity (Wildman–Crippen MR) is 87.7 cm³/mol. The average molecular weight is 288 g/mol. The molecule has 1 aromatic rings. The Labute approximate surface area is 127 Å². The standard InChI is InChI=1S/C18H24O3/c1-14(2)6-7-16-12-17(21-13-19-5)8-9-18(16)20-11-10-15(3)4/h6-10,12H,1,11,13H2,2-5H3/b7-6+. The van der Waals surface area contributed by atoms with Crippen LogP contribution in [0.2, 0.25) is 0 Å². The van der Waals surface area contributed by atoms with Gasteiger partial charge in [-0.15, -0.1) is 0 Å². The highest BCUT2D eigenvalue weighted by Crippen LogP contribution is 2.26. The van der Waals surface area contributed by atoms with Gasteiger partial charge in [-0.25, -0.2) is 0 Å². The van der Waals surface area contributed by atoms with Gasteiger partial charge in [-0.05, 0) is 45.0 Å². The Morgan fingerprint density at radius 1 is 1.19 bits per heavy atom. The van der Waals surface area contributed by atoms with E-state index in [9.17, 15) is 0 Å². The lowest BCUT2D eigenvalue weighted by Crippen LogP contribution is -2.00. The van der Waals surface area contributed by atoms with E-state index in [1.54, 1.807) is 7.11 Å². The fourth-order valence-corrected chi connectivity index (χ4v) is 1.54. The van der Waals surface area contributed by atoms with Crippen LogP contribution in [0.25, 0.3) is 6.08 Å². The molecule has 3 nitrogen and oxygen atoms in total. The molecule has 0 aromatic heterocycles. The van der Waals surface area contributed by atoms with Gasteiger partial charge in [-0.3, -0.25) is 0 Å². The Kier molecular flexibility index (Phi) is 7.33. The summed E-state index contributed by atoms with van der Waals surface area (Å²) in [7, 11) is 1.60. The summed E-state index contributed by atoms with van der Waals surface area (Å²) in [5.74, 6) is 1.56. The zero-order valence-corrected chi connectivity index (χ0v) is 13.3. The van der Waals surface area contributed by atoms with Gasteiger partial charge >= 0.3 is 0 Å². The van der Waals surface area contributed by atoms with Crippen LogP contribution >= 0.6 is 0 Å². The van der Waals surface area contributed by atoms with Crippen molar-refractivity contribution in [3.63, 3.8) is 0 Å². The molecule has 3 heteroatoms. The third-order valence-electron chi connectivity index (χ3n) is 2.60. The molecule has 0 bridgehead atoms. The monoisotopic (exact) mass is 288 g/mol. The van der Waals surface area contributed by atoms with Gasteiger partial charge in [0.2, 0.25) is 0 Å². The number of hydrogen-bond donors (Lipinski definition) is 0. The highest BCUT2D eigenvalue weighted by atomic mass is 16.7. The van der Waals surface area contributed by atoms with Crippen molar-refractivity contribution in [2.75, 3.05) is 20.5 Å². The Balaban J connectivity index is 2.93. The summed E-state index contributed by atoms with van der Waals surface area (Å²) in [6.07, 6.45) is 5.96. The first-order valence-corrected chi connectivity index (χ1v) is 6.88. The van der Waals surface area contributed by atoms with Crippen molar-refractivity contribution in [3.05, 3.63) is 53.6 Å². The first-order valence-electron chi connectivity index (χ1n) is 6.88. The van der Waals surface area contributed by atoms with Crippen molar-refractivity contribution in [3.8, 4) is 11.5 Å². The number of methoxy groups -OCH3 is 1. The van der Waals surface area contributed by atoms with E-state index in [-0.39, 0.29) is 6.79 Å². The molecule has 0 N–H and O–H groups in total. The number of benzene rings is 1. The van der Waals surface area contributed by atoms with Crippen molar-refractivity contribution in [2.24, 2.45) is 0 Å². The molecule has 1 aromatic carbocycles. The Hall–Kier alpha value is -2.00. The van der Waals surface area contributed by atoms with Gasteiger partial charge in [0.1, 0.15) is 18.1 Å². The van der Waals surface area contributed by atoms with Crippen molar-refractivity contribution in [1.82, 2.24) is 0 Å². The van der Waals surface area contributed by atoms with Gasteiger partial charge < -0.3 is 14.2 Å². The molecule has 0 unspecified atom stereocenters. The third-order valence-corrected chi connectivity index (χ3v) is 2.60. The summed E-state index contributed by atoms with van der Waals surface area (Å²) in [5, 5.41) is 0. The molecule has 0 saturated heterocycles. The molecule has 0 spiro atoms. The maximum Gasteiger partial charge on any atom is 0.188 e. The molecule has 0 saturated carbocycles. The zero-order valence-electron chi connectivity index (χ0n) is 13.3. The average Bonchev–Trinajstić information content (AvgIpc) is 2.43. The van der Waals surface area contributed by atoms with Crippen LogP contribution < -0.4 is 9.47 Å². The molecule has 21 heavy (non-hydrogen) atoms. The number of ether oxygens (including phenoxy) is 3. The molecule has 0 radical (unpaired) electrons. The summed E-state index contributed by atoms with van der Waals surface area (Å²) >= 11 is 0. The van der Waals surface area contributed by atoms with E-state index in [1.165, 1.54) is 5.57 Å². The number of hydrogen-bond acceptors (Lipinski definition) is 3. The van der Waals surface area contributed by atoms with Crippen molar-refractivity contribution in [2.45, 2.75) is 20.8 Å². The van der Waals surface area contributed by atoms with Crippen molar-refractivity contribution in [1.29, 1.82) is 0 Å². The van der Waals surface area contributed by atoms with Gasteiger partial charge in [0.05, 0.1) is 0 Å². The maximum absolute atomic E-state index is 5.80. The second-order valence-corrected chi connectivity index (χ2v) is 5.02. The van der Waals surface area contributed by atoms with Crippen LogP contribution in [0.4, 0.5) is 0 Å². The van der Waals surface area contributed by atoms with E-state index in [2.05, 4.69) is 6.58 Å². The molecule has 0 atom stereocenters. The van der Waals surface area contributed by atoms with Crippen LogP contribution in [0.3, 0.4) is 0 Å². The molecule has 1 rings (SSSR count). The summed E-state index contributed by atoms with van der Waals surface area (Å²) in [6, 6.07) is 5.70. The van der Waals surface area contributed by atoms with Gasteiger partial charge in [-0.1, -0.05) is 29.9 Å². The first-order chi connectivity index (χ1) is 10.0. The Morgan fingerprint density at radius 2 is 1.95 bits per heavy atom. The van der Waals surface area contributed by atoms with Gasteiger partial charge in [-0.2, -0.15) is 0 Å². The minimum Gasteiger partial charge on any atom is -0.489 e. The van der Waals surface area contributed by atoms with Gasteiger partial charge in [0.25, 0.3) is 0 Å². The van der Waals surface area contributed by atoms with Crippen LogP contribution in [0, 0.1) is 0 Å². The van der Waals surface area contributed by atoms with Crippen LogP contribution in [0.15, 0.2) is 48.1 Å². The lowest BCUT2D eigenvalue weighted by atomic mass is 10.1. The molecular formula is C18H24O3. The van der Waals surface area contributed by atoms with E-state index in [4.69, 9.17) is 14.2 Å². The van der Waals surface area contributed by atoms with E-state index in [0.29, 0.717) is 6.61 Å². The molecule has 0 heterocycles. The smallest absolute Gasteiger partial charge is 0.188 e. The Morgan fingerprint density at radius 3 is 2.57 bits per heavy atom. The SMILES string of the molecule is C=C(C)/C=C/c1cc(OCOC)ccc1OCC=C(C)C. The van der Waals surface area contributed by atoms with Crippen LogP contribution in [0.1, 0.15) is 26.3 Å². The van der Waals surface area contributed by atoms with Crippen molar-refractivity contribution >= 4 is 6.08 Å². The lowest BCUT2D eigenvalue weighted by molar-refractivity contribution is 0.0511. The van der Waals surface area contributed by atoms with Crippen LogP contribution in [-0.4, -0.2) is 20.5 Å². The third kappa shape index (κ3) is 6.82. The molecular weight excluding hydrogens is 264 g/mol. The molecule has 0 amide bonds. The maximum atomic E-state index is 5.80. The molecule has 114 valence electrons. The topological polar surface area (TPSA) is 27.7 Å². The quantitative estimate of drug-likeness (QED) is 0.397. The minimum atomic E-state index is 0.224. The fourth-order valence-electron chi connectivity index (χ4n) is 1.54. The van der Waals surface area contributed by atoms with Gasteiger partial charge in [0.15, 0.2) is 6.79 Å². The summed E-state index contributed by atoms with van der Waals surface area (Å²) in [6.45, 7) is 10.7. The highest BCUT2D eigenvalue weighted by Gasteiger charge is 2.03. The van der Waals surface area contributed by atoms with Gasteiger partial charge in [0, 0.05) is 12.7 Å². The second kappa shape index (κ2) is 9.03. The Bertz CT molecular complexity index is 523. The molecule has 0 aliphatic rings. The second-order valence-electron chi connectivity index (χ2n) is 5.02. The lowest BCUT2D eigenvalue weighted by Gasteiger charge is -2.11. The molecule has 0 fully saturated rings. The number of rotatable bonds is 8. The minimum absolute atomic E-state index is 0.224. The number of allylic oxidation sites excluding steroid dienone is 3. The largest absolute Gasteiger partial charge is 0.489 e. The van der Waals surface area contributed by atoms with E-state index < -0.39 is 0 Å². The summed E-state index contributed by atoms with van der Waals surface area (Å²) in [4.78, 5) is 0. The van der Waals surface area contributed by atoms with Crippen LogP contribution in [0.5, 0.6) is 11.5 Å². The van der Waals surface area contributed by atoms with E-state index >= 15 is 0 Å². The zero-order chi connectivity index (χ0) is 15.7. The molecule has 0 aliphatic heterocycles. The molecule has 0 aliphatic carbocycles. The fraction of sp³-hybridized carbons (Fsp3) is 0.333. The van der Waals surface area contributed by atoms with E-state index in [1.807, 2.05) is 57.2 Å². The van der Waals surface area contributed by atoms with Crippen LogP contribution in [-0.2, 0) is 4.74 Å². The normalized spacial score (nSPS) is 10.5. The summed E-state index contributed by atoms with van der Waals surface area (Å²) < 4.78 is 16.2. The highest BCUT2D eigenvalue weighted by molar-refractivity contribution is 5.61. The van der Waals surface area contributed by atoms with Crippen molar-refractivity contribution < 1.29 is 14.2 Å². The van der Waals surface area contributed by atoms with E-state index in [0.717, 1.165) is 22.6 Å². The first kappa shape index (κ1) is 17.1. The predicted octanol–water partition coefficient (Wildman–Crippen LogP) is 4.60.